The highest BCUT2D eigenvalue weighted by Crippen LogP contribution is 2.47. The van der Waals surface area contributed by atoms with Crippen molar-refractivity contribution < 1.29 is 12.8 Å². The molecule has 0 N–H and O–H groups in total. The van der Waals surface area contributed by atoms with Gasteiger partial charge >= 0.3 is 0 Å². The molecule has 7 heteroatoms. The highest BCUT2D eigenvalue weighted by atomic mass is 79.9. The Labute approximate surface area is 217 Å². The molecule has 0 aliphatic carbocycles. The summed E-state index contributed by atoms with van der Waals surface area (Å²) in [5, 5.41) is 0.645. The van der Waals surface area contributed by atoms with Gasteiger partial charge in [0.15, 0.2) is 0 Å². The lowest BCUT2D eigenvalue weighted by Gasteiger charge is -2.33. The van der Waals surface area contributed by atoms with E-state index in [0.717, 1.165) is 26.7 Å². The Hall–Kier alpha value is -3.55. The maximum absolute atomic E-state index is 14.4. The molecule has 178 valence electrons. The van der Waals surface area contributed by atoms with Crippen LogP contribution in [-0.4, -0.2) is 13.4 Å². The van der Waals surface area contributed by atoms with Gasteiger partial charge in [-0.15, -0.1) is 0 Å². The second kappa shape index (κ2) is 8.54. The highest BCUT2D eigenvalue weighted by molar-refractivity contribution is 9.10. The number of halogens is 2. The van der Waals surface area contributed by atoms with Crippen molar-refractivity contribution >= 4 is 42.5 Å². The summed E-state index contributed by atoms with van der Waals surface area (Å²) in [4.78, 5) is 5.13. The predicted molar refractivity (Wildman–Crippen MR) is 145 cm³/mol. The van der Waals surface area contributed by atoms with E-state index in [2.05, 4.69) is 15.9 Å². The molecule has 0 fully saturated rings. The lowest BCUT2D eigenvalue weighted by molar-refractivity contribution is 0.590. The molecule has 0 atom stereocenters. The summed E-state index contributed by atoms with van der Waals surface area (Å²) in [5.41, 5.74) is 5.97. The monoisotopic (exact) mass is 558 g/mol. The van der Waals surface area contributed by atoms with Crippen LogP contribution in [0, 0.1) is 12.7 Å². The van der Waals surface area contributed by atoms with Crippen molar-refractivity contribution in [3.8, 4) is 22.4 Å². The Morgan fingerprint density at radius 1 is 0.917 bits per heavy atom. The highest BCUT2D eigenvalue weighted by Gasteiger charge is 2.34. The Kier molecular flexibility index (Phi) is 5.43. The van der Waals surface area contributed by atoms with E-state index in [4.69, 9.17) is 4.98 Å². The fraction of sp³-hybridized carbons (Fsp3) is 0.0690. The third-order valence-electron chi connectivity index (χ3n) is 6.50. The van der Waals surface area contributed by atoms with E-state index in [9.17, 15) is 12.8 Å². The van der Waals surface area contributed by atoms with Crippen molar-refractivity contribution in [1.29, 1.82) is 0 Å². The molecular weight excluding hydrogens is 539 g/mol. The van der Waals surface area contributed by atoms with Crippen LogP contribution < -0.4 is 4.31 Å². The van der Waals surface area contributed by atoms with E-state index < -0.39 is 10.0 Å². The molecule has 0 saturated heterocycles. The molecule has 4 aromatic carbocycles. The first kappa shape index (κ1) is 22.9. The summed E-state index contributed by atoms with van der Waals surface area (Å²) >= 11 is 3.54. The number of hydrogen-bond donors (Lipinski definition) is 0. The minimum atomic E-state index is -3.89. The maximum Gasteiger partial charge on any atom is 0.264 e. The molecule has 6 rings (SSSR count). The van der Waals surface area contributed by atoms with Gasteiger partial charge in [-0.25, -0.2) is 17.8 Å². The van der Waals surface area contributed by atoms with Gasteiger partial charge in [0.05, 0.1) is 28.3 Å². The summed E-state index contributed by atoms with van der Waals surface area (Å²) < 4.78 is 44.6. The van der Waals surface area contributed by atoms with Crippen LogP contribution in [0.1, 0.15) is 11.1 Å². The van der Waals surface area contributed by atoms with E-state index in [1.807, 2.05) is 49.4 Å². The molecule has 1 aromatic heterocycles. The third-order valence-corrected chi connectivity index (χ3v) is 8.77. The lowest BCUT2D eigenvalue weighted by Crippen LogP contribution is -2.34. The van der Waals surface area contributed by atoms with Crippen molar-refractivity contribution in [3.05, 3.63) is 112 Å². The molecular formula is C29H20BrFN2O2S. The quantitative estimate of drug-likeness (QED) is 0.230. The largest absolute Gasteiger partial charge is 0.264 e. The van der Waals surface area contributed by atoms with Gasteiger partial charge in [-0.05, 0) is 66.6 Å². The maximum atomic E-state index is 14.4. The minimum Gasteiger partial charge on any atom is -0.261 e. The lowest BCUT2D eigenvalue weighted by atomic mass is 9.89. The van der Waals surface area contributed by atoms with E-state index in [-0.39, 0.29) is 17.3 Å². The van der Waals surface area contributed by atoms with Gasteiger partial charge in [-0.1, -0.05) is 64.0 Å². The fourth-order valence-corrected chi connectivity index (χ4v) is 6.60. The number of aromatic nitrogens is 1. The number of anilines is 1. The second-order valence-electron chi connectivity index (χ2n) is 8.83. The van der Waals surface area contributed by atoms with Gasteiger partial charge in [-0.2, -0.15) is 0 Å². The first-order chi connectivity index (χ1) is 17.3. The Balaban J connectivity index is 1.69. The van der Waals surface area contributed by atoms with Crippen molar-refractivity contribution in [3.63, 3.8) is 0 Å². The van der Waals surface area contributed by atoms with Crippen molar-refractivity contribution in [2.24, 2.45) is 0 Å². The van der Waals surface area contributed by atoms with Crippen LogP contribution in [0.25, 0.3) is 33.3 Å². The molecule has 0 radical (unpaired) electrons. The molecule has 0 bridgehead atoms. The standard InChI is InChI=1S/C29H20BrFN2O2S/c1-18-7-11-22(12-8-18)36(34,35)33-17-25-28(19-5-3-2-4-6-19)23-16-21(31)10-13-26(23)32-29(25)24-15-20(30)9-14-27(24)33/h2-16H,17H2,1H3. The topological polar surface area (TPSA) is 50.3 Å². The van der Waals surface area contributed by atoms with Gasteiger partial charge in [-0.3, -0.25) is 4.31 Å². The van der Waals surface area contributed by atoms with Crippen LogP contribution in [0.4, 0.5) is 10.1 Å². The first-order valence-corrected chi connectivity index (χ1v) is 13.6. The predicted octanol–water partition coefficient (Wildman–Crippen LogP) is 7.49. The van der Waals surface area contributed by atoms with Crippen LogP contribution in [0.2, 0.25) is 0 Å². The first-order valence-electron chi connectivity index (χ1n) is 11.4. The zero-order valence-electron chi connectivity index (χ0n) is 19.2. The van der Waals surface area contributed by atoms with E-state index >= 15 is 0 Å². The number of aryl methyl sites for hydroxylation is 1. The second-order valence-corrected chi connectivity index (χ2v) is 11.6. The summed E-state index contributed by atoms with van der Waals surface area (Å²) in [7, 11) is -3.89. The van der Waals surface area contributed by atoms with E-state index in [1.165, 1.54) is 16.4 Å². The van der Waals surface area contributed by atoms with Crippen LogP contribution in [-0.2, 0) is 16.6 Å². The summed E-state index contributed by atoms with van der Waals surface area (Å²) in [6, 6.07) is 26.6. The Morgan fingerprint density at radius 2 is 1.67 bits per heavy atom. The molecule has 0 saturated carbocycles. The summed E-state index contributed by atoms with van der Waals surface area (Å²) in [6.07, 6.45) is 0. The Bertz CT molecular complexity index is 1750. The summed E-state index contributed by atoms with van der Waals surface area (Å²) in [5.74, 6) is -0.371. The Morgan fingerprint density at radius 3 is 2.42 bits per heavy atom. The average Bonchev–Trinajstić information content (AvgIpc) is 2.87. The number of benzene rings is 4. The number of fused-ring (bicyclic) bond motifs is 4. The smallest absolute Gasteiger partial charge is 0.261 e. The van der Waals surface area contributed by atoms with Gasteiger partial charge < -0.3 is 0 Å². The zero-order chi connectivity index (χ0) is 25.0. The average molecular weight is 559 g/mol. The summed E-state index contributed by atoms with van der Waals surface area (Å²) in [6.45, 7) is 1.99. The molecule has 5 aromatic rings. The van der Waals surface area contributed by atoms with Gasteiger partial charge in [0.2, 0.25) is 0 Å². The number of sulfonamides is 1. The van der Waals surface area contributed by atoms with Crippen molar-refractivity contribution in [2.75, 3.05) is 4.31 Å². The molecule has 0 amide bonds. The molecule has 0 spiro atoms. The van der Waals surface area contributed by atoms with Crippen molar-refractivity contribution in [2.45, 2.75) is 18.4 Å². The fourth-order valence-electron chi connectivity index (χ4n) is 4.78. The van der Waals surface area contributed by atoms with E-state index in [0.29, 0.717) is 27.8 Å². The molecule has 0 unspecified atom stereocenters. The zero-order valence-corrected chi connectivity index (χ0v) is 21.6. The van der Waals surface area contributed by atoms with Crippen molar-refractivity contribution in [1.82, 2.24) is 4.98 Å². The number of nitrogens with zero attached hydrogens (tertiary/aromatic N) is 2. The normalized spacial score (nSPS) is 12.9. The van der Waals surface area contributed by atoms with Gasteiger partial charge in [0.1, 0.15) is 5.82 Å². The van der Waals surface area contributed by atoms with Crippen LogP contribution >= 0.6 is 15.9 Å². The van der Waals surface area contributed by atoms with Gasteiger partial charge in [0.25, 0.3) is 10.0 Å². The number of rotatable bonds is 3. The van der Waals surface area contributed by atoms with E-state index in [1.54, 1.807) is 36.4 Å². The van der Waals surface area contributed by atoms with Gasteiger partial charge in [0, 0.05) is 21.0 Å². The number of hydrogen-bond acceptors (Lipinski definition) is 3. The molecule has 36 heavy (non-hydrogen) atoms. The van der Waals surface area contributed by atoms with Crippen LogP contribution in [0.15, 0.2) is 100 Å². The minimum absolute atomic E-state index is 0.0733. The SMILES string of the molecule is Cc1ccc(S(=O)(=O)N2Cc3c(nc4ccc(F)cc4c3-c3ccccc3)-c3cc(Br)ccc32)cc1. The molecule has 4 nitrogen and oxygen atoms in total. The van der Waals surface area contributed by atoms with Crippen LogP contribution in [0.5, 0.6) is 0 Å². The molecule has 1 aliphatic heterocycles. The molecule has 1 aliphatic rings. The third kappa shape index (κ3) is 3.70. The molecule has 2 heterocycles. The van der Waals surface area contributed by atoms with Crippen LogP contribution in [0.3, 0.4) is 0 Å². The number of pyridine rings is 1.